The first-order valence-corrected chi connectivity index (χ1v) is 3.54. The number of hydrogen-bond donors (Lipinski definition) is 0. The molecule has 1 aliphatic rings. The molecule has 10 heavy (non-hydrogen) atoms. The molecule has 0 aromatic carbocycles. The van der Waals surface area contributed by atoms with Gasteiger partial charge in [0.25, 0.3) is 0 Å². The van der Waals surface area contributed by atoms with Crippen molar-refractivity contribution in [1.29, 1.82) is 5.26 Å². The average Bonchev–Trinajstić information content (AvgIpc) is 2.69. The third kappa shape index (κ3) is 1.15. The van der Waals surface area contributed by atoms with E-state index in [2.05, 4.69) is 23.2 Å². The Kier molecular flexibility index (Phi) is 1.71. The van der Waals surface area contributed by atoms with Gasteiger partial charge < -0.3 is 0 Å². The van der Waals surface area contributed by atoms with E-state index in [4.69, 9.17) is 5.26 Å². The summed E-state index contributed by atoms with van der Waals surface area (Å²) in [4.78, 5) is 0. The molecule has 0 N–H and O–H groups in total. The Hall–Kier alpha value is -0.910. The molecular weight excluding hydrogens is 126 g/mol. The van der Waals surface area contributed by atoms with Gasteiger partial charge in [-0.05, 0) is 13.3 Å². The zero-order valence-corrected chi connectivity index (χ0v) is 6.33. The maximum atomic E-state index is 8.76. The first-order valence-electron chi connectivity index (χ1n) is 3.54. The number of nitriles is 1. The molecule has 1 atom stereocenters. The van der Waals surface area contributed by atoms with E-state index >= 15 is 0 Å². The SMILES string of the molecule is CCCC(C)(C#N)C1N=N1. The Morgan fingerprint density at radius 1 is 1.60 bits per heavy atom. The van der Waals surface area contributed by atoms with Crippen molar-refractivity contribution < 1.29 is 0 Å². The summed E-state index contributed by atoms with van der Waals surface area (Å²) in [5.41, 5.74) is -0.325. The van der Waals surface area contributed by atoms with Gasteiger partial charge in [-0.25, -0.2) is 0 Å². The van der Waals surface area contributed by atoms with Crippen LogP contribution >= 0.6 is 0 Å². The Balaban J connectivity index is 2.51. The number of hydrogen-bond acceptors (Lipinski definition) is 3. The minimum Gasteiger partial charge on any atom is -0.198 e. The molecule has 0 radical (unpaired) electrons. The van der Waals surface area contributed by atoms with E-state index in [-0.39, 0.29) is 11.6 Å². The summed E-state index contributed by atoms with van der Waals surface area (Å²) in [6.07, 6.45) is 1.88. The first-order chi connectivity index (χ1) is 4.73. The molecule has 0 bridgehead atoms. The maximum absolute atomic E-state index is 8.76. The Labute approximate surface area is 60.8 Å². The third-order valence-electron chi connectivity index (χ3n) is 1.83. The molecule has 3 heteroatoms. The molecule has 0 aliphatic carbocycles. The van der Waals surface area contributed by atoms with Crippen LogP contribution in [0.4, 0.5) is 0 Å². The highest BCUT2D eigenvalue weighted by atomic mass is 15.4. The van der Waals surface area contributed by atoms with Gasteiger partial charge in [0, 0.05) is 0 Å². The lowest BCUT2D eigenvalue weighted by Crippen LogP contribution is -2.20. The largest absolute Gasteiger partial charge is 0.199 e. The lowest BCUT2D eigenvalue weighted by Gasteiger charge is -2.15. The van der Waals surface area contributed by atoms with E-state index in [1.807, 2.05) is 6.92 Å². The van der Waals surface area contributed by atoms with E-state index in [1.54, 1.807) is 0 Å². The molecule has 0 aromatic heterocycles. The number of nitrogens with zero attached hydrogens (tertiary/aromatic N) is 3. The second-order valence-electron chi connectivity index (χ2n) is 2.88. The van der Waals surface area contributed by atoms with Crippen LogP contribution in [0.25, 0.3) is 0 Å². The minimum absolute atomic E-state index is 0.0301. The molecule has 0 saturated heterocycles. The van der Waals surface area contributed by atoms with Crippen LogP contribution in [0.2, 0.25) is 0 Å². The summed E-state index contributed by atoms with van der Waals surface area (Å²) in [6.45, 7) is 3.99. The van der Waals surface area contributed by atoms with Gasteiger partial charge in [0.2, 0.25) is 0 Å². The van der Waals surface area contributed by atoms with E-state index < -0.39 is 0 Å². The lowest BCUT2D eigenvalue weighted by atomic mass is 9.86. The Morgan fingerprint density at radius 2 is 2.20 bits per heavy atom. The molecule has 1 unspecified atom stereocenters. The van der Waals surface area contributed by atoms with Gasteiger partial charge in [-0.3, -0.25) is 0 Å². The molecule has 0 fully saturated rings. The fourth-order valence-electron chi connectivity index (χ4n) is 1.05. The van der Waals surface area contributed by atoms with Crippen molar-refractivity contribution in [3.63, 3.8) is 0 Å². The first kappa shape index (κ1) is 7.20. The van der Waals surface area contributed by atoms with Gasteiger partial charge in [0.15, 0.2) is 6.17 Å². The van der Waals surface area contributed by atoms with Crippen molar-refractivity contribution in [2.45, 2.75) is 32.9 Å². The molecule has 1 rings (SSSR count). The summed E-state index contributed by atoms with van der Waals surface area (Å²) >= 11 is 0. The lowest BCUT2D eigenvalue weighted by molar-refractivity contribution is 0.382. The van der Waals surface area contributed by atoms with Crippen LogP contribution in [-0.4, -0.2) is 6.17 Å². The topological polar surface area (TPSA) is 48.5 Å². The standard InChI is InChI=1S/C7H11N3/c1-3-4-7(2,5-8)6-9-10-6/h6H,3-4H2,1-2H3. The monoisotopic (exact) mass is 137 g/mol. The Bertz CT molecular complexity index is 186. The molecule has 1 heterocycles. The summed E-state index contributed by atoms with van der Waals surface area (Å²) in [7, 11) is 0. The van der Waals surface area contributed by atoms with E-state index in [0.29, 0.717) is 0 Å². The Morgan fingerprint density at radius 3 is 2.50 bits per heavy atom. The van der Waals surface area contributed by atoms with Gasteiger partial charge in [0.1, 0.15) is 5.41 Å². The third-order valence-corrected chi connectivity index (χ3v) is 1.83. The summed E-state index contributed by atoms with van der Waals surface area (Å²) in [5, 5.41) is 16.3. The molecule has 0 aromatic rings. The van der Waals surface area contributed by atoms with E-state index in [9.17, 15) is 0 Å². The van der Waals surface area contributed by atoms with Crippen molar-refractivity contribution in [1.82, 2.24) is 0 Å². The van der Waals surface area contributed by atoms with Gasteiger partial charge >= 0.3 is 0 Å². The highest BCUT2D eigenvalue weighted by Gasteiger charge is 2.39. The second-order valence-corrected chi connectivity index (χ2v) is 2.88. The maximum Gasteiger partial charge on any atom is 0.199 e. The van der Waals surface area contributed by atoms with Crippen LogP contribution in [0, 0.1) is 16.7 Å². The van der Waals surface area contributed by atoms with Crippen molar-refractivity contribution >= 4 is 0 Å². The molecule has 54 valence electrons. The summed E-state index contributed by atoms with van der Waals surface area (Å²) in [5.74, 6) is 0. The van der Waals surface area contributed by atoms with E-state index in [1.165, 1.54) is 0 Å². The predicted octanol–water partition coefficient (Wildman–Crippen LogP) is 2.11. The molecule has 3 nitrogen and oxygen atoms in total. The molecule has 1 aliphatic heterocycles. The van der Waals surface area contributed by atoms with Crippen molar-refractivity contribution in [2.75, 3.05) is 0 Å². The van der Waals surface area contributed by atoms with Crippen molar-refractivity contribution in [2.24, 2.45) is 15.6 Å². The number of rotatable bonds is 3. The minimum atomic E-state index is -0.325. The van der Waals surface area contributed by atoms with Crippen LogP contribution in [0.3, 0.4) is 0 Å². The zero-order chi connectivity index (χ0) is 7.61. The van der Waals surface area contributed by atoms with Gasteiger partial charge in [-0.2, -0.15) is 15.5 Å². The summed E-state index contributed by atoms with van der Waals surface area (Å²) < 4.78 is 0. The van der Waals surface area contributed by atoms with Crippen molar-refractivity contribution in [3.8, 4) is 6.07 Å². The normalized spacial score (nSPS) is 21.7. The van der Waals surface area contributed by atoms with Crippen LogP contribution in [0.15, 0.2) is 10.2 Å². The second kappa shape index (κ2) is 2.37. The van der Waals surface area contributed by atoms with Crippen LogP contribution < -0.4 is 0 Å². The van der Waals surface area contributed by atoms with Gasteiger partial charge in [0.05, 0.1) is 6.07 Å². The summed E-state index contributed by atoms with van der Waals surface area (Å²) in [6, 6.07) is 2.25. The average molecular weight is 137 g/mol. The fraction of sp³-hybridized carbons (Fsp3) is 0.857. The van der Waals surface area contributed by atoms with Crippen LogP contribution in [0.5, 0.6) is 0 Å². The quantitative estimate of drug-likeness (QED) is 0.587. The highest BCUT2D eigenvalue weighted by Crippen LogP contribution is 2.36. The van der Waals surface area contributed by atoms with Gasteiger partial charge in [-0.15, -0.1) is 0 Å². The smallest absolute Gasteiger partial charge is 0.198 e. The predicted molar refractivity (Wildman–Crippen MR) is 37.3 cm³/mol. The van der Waals surface area contributed by atoms with E-state index in [0.717, 1.165) is 12.8 Å². The van der Waals surface area contributed by atoms with Crippen LogP contribution in [0.1, 0.15) is 26.7 Å². The molecule has 0 amide bonds. The highest BCUT2D eigenvalue weighted by molar-refractivity contribution is 5.05. The molecular formula is C7H11N3. The van der Waals surface area contributed by atoms with Crippen molar-refractivity contribution in [3.05, 3.63) is 0 Å². The van der Waals surface area contributed by atoms with Gasteiger partial charge in [-0.1, -0.05) is 13.3 Å². The fourth-order valence-corrected chi connectivity index (χ4v) is 1.05. The molecule has 0 saturated carbocycles. The van der Waals surface area contributed by atoms with Crippen LogP contribution in [-0.2, 0) is 0 Å². The zero-order valence-electron chi connectivity index (χ0n) is 6.33. The molecule has 0 spiro atoms.